The number of nitrogens with two attached hydrogens (primary N) is 3. The number of Topliss-reactive ketones (excluding diaryl/α,β-unsaturated/α-hetero) is 3. The Balaban J connectivity index is 0.000000318. The molecule has 0 spiro atoms. The summed E-state index contributed by atoms with van der Waals surface area (Å²) in [6.07, 6.45) is 19.5. The number of ketones is 6. The lowest BCUT2D eigenvalue weighted by molar-refractivity contribution is -0.120. The van der Waals surface area contributed by atoms with Gasteiger partial charge in [-0.25, -0.2) is 14.4 Å². The molecule has 8 rings (SSSR count). The fourth-order valence-electron chi connectivity index (χ4n) is 18.1. The number of nitrogens with zero attached hydrogens (tertiary/aromatic N) is 3. The molecule has 12 N–H and O–H groups in total. The molecular weight excluding hydrogens is 1780 g/mol. The van der Waals surface area contributed by atoms with Gasteiger partial charge in [0.1, 0.15) is 18.3 Å². The van der Waals surface area contributed by atoms with Crippen LogP contribution in [0.1, 0.15) is 141 Å². The average molecular weight is 1930 g/mol. The number of fused-ring (bicyclic) bond motifs is 6. The van der Waals surface area contributed by atoms with E-state index in [1.165, 1.54) is 45.6 Å². The summed E-state index contributed by atoms with van der Waals surface area (Å²) in [5.41, 5.74) is 20.7. The number of primary amides is 3. The van der Waals surface area contributed by atoms with Crippen LogP contribution in [0.2, 0.25) is 0 Å². The molecule has 5 aliphatic heterocycles. The molecular formula is C102H152N12O24. The Bertz CT molecular complexity index is 4780. The van der Waals surface area contributed by atoms with E-state index in [1.807, 2.05) is 99.5 Å². The van der Waals surface area contributed by atoms with Gasteiger partial charge in [0, 0.05) is 173 Å². The Kier molecular flexibility index (Phi) is 48.5. The van der Waals surface area contributed by atoms with Crippen LogP contribution in [-0.4, -0.2) is 302 Å². The number of carbonyl (C=O) groups excluding carboxylic acids is 12. The van der Waals surface area contributed by atoms with Gasteiger partial charge in [0.2, 0.25) is 34.7 Å². The summed E-state index contributed by atoms with van der Waals surface area (Å²) in [6.45, 7) is 29.8. The maximum absolute atomic E-state index is 13.9. The highest BCUT2D eigenvalue weighted by Crippen LogP contribution is 2.36. The minimum absolute atomic E-state index is 0.0712. The van der Waals surface area contributed by atoms with Gasteiger partial charge in [0.05, 0.1) is 70.8 Å². The largest absolute Gasteiger partial charge is 0.439 e. The molecule has 138 heavy (non-hydrogen) atoms. The van der Waals surface area contributed by atoms with Gasteiger partial charge in [-0.2, -0.15) is 0 Å². The fraction of sp³-hybridized carbons (Fsp3) is 0.588. The van der Waals surface area contributed by atoms with Crippen LogP contribution in [0.15, 0.2) is 175 Å². The second-order valence-electron chi connectivity index (χ2n) is 36.7. The summed E-state index contributed by atoms with van der Waals surface area (Å²) in [7, 11) is 17.9. The second-order valence-corrected chi connectivity index (χ2v) is 36.7. The van der Waals surface area contributed by atoms with Gasteiger partial charge in [-0.05, 0) is 174 Å². The first-order chi connectivity index (χ1) is 65.5. The third kappa shape index (κ3) is 34.6. The predicted molar refractivity (Wildman–Crippen MR) is 522 cm³/mol. The second kappa shape index (κ2) is 57.7. The van der Waals surface area contributed by atoms with Crippen LogP contribution in [0.3, 0.4) is 0 Å². The van der Waals surface area contributed by atoms with Crippen molar-refractivity contribution in [1.29, 1.82) is 0 Å². The molecule has 6 bridgehead atoms. The van der Waals surface area contributed by atoms with Crippen molar-refractivity contribution in [1.82, 2.24) is 46.6 Å². The van der Waals surface area contributed by atoms with E-state index in [0.717, 1.165) is 58.5 Å². The standard InChI is InChI=1S/C35H52N4O8.C34H50N4O8.C33H50N4O8/c1-21-17-25-30(37-13-16-39-14-8-9-15-39)27(40)20-26(31(25)41)38-34(42)22(2)11-10-12-28(44-5)33(47-35(36)43)24(4)19-23(3)32(46-7)29(18-21)45-6;1-20-16-24-29(36-12-15-38-13-9-14-38)26(39)19-25(30(24)40)37-33(41)21(2)10-8-11-27(43-5)32(46-34(35)42)23(4)18-22(3)31(45-7)28(17-20)44-6;1-19-15-23-28(35-13-14-37(5)6)25(38)18-24(29(23)39)36-32(40)20(2)11-10-12-26(42-7)31(45-33(34)41)22(4)17-21(3)30(44-9)27(16-19)43-8/h10-12,19-21,23,28-29,32-33,37H,8-9,13-18H2,1-7H3,(H2,36,43)(H,38,42);8,10-11,18-20,22,27-28,31-32,36H,9,12-17H2,1-7H3,(H2,35,42)(H,37,41);10-12,17-19,21,26-27,30-31,35H,13-16H2,1-9H3,(H2,34,41)(H,36,40)/b12-10-,22-11+,24-19+;11-8-,21-10+,23-18+;12-10-,20-11+,22-17+/t21-,23+,28+,29+,32-,33+;20-,22+,27+,28+,31-,32+;19-,21+,26+,27+,30-,31+/m111/s1. The normalized spacial score (nSPS) is 31.4. The minimum atomic E-state index is -0.962. The zero-order valence-electron chi connectivity index (χ0n) is 84.9. The Morgan fingerprint density at radius 2 is 0.659 bits per heavy atom. The highest BCUT2D eigenvalue weighted by atomic mass is 16.6. The molecule has 36 heteroatoms. The van der Waals surface area contributed by atoms with Crippen LogP contribution in [0.25, 0.3) is 0 Å². The maximum Gasteiger partial charge on any atom is 0.405 e. The molecule has 6 amide bonds. The Morgan fingerprint density at radius 3 is 0.891 bits per heavy atom. The minimum Gasteiger partial charge on any atom is -0.439 e. The number of methoxy groups -OCH3 is 9. The number of hydrogen-bond acceptors (Lipinski definition) is 30. The molecule has 764 valence electrons. The number of carbonyl (C=O) groups is 12. The van der Waals surface area contributed by atoms with Gasteiger partial charge in [-0.1, -0.05) is 114 Å². The fourth-order valence-corrected chi connectivity index (χ4v) is 18.1. The lowest BCUT2D eigenvalue weighted by Crippen LogP contribution is -2.43. The van der Waals surface area contributed by atoms with Crippen molar-refractivity contribution in [3.63, 3.8) is 0 Å². The summed E-state index contributed by atoms with van der Waals surface area (Å²) in [5, 5.41) is 17.5. The monoisotopic (exact) mass is 1930 g/mol. The van der Waals surface area contributed by atoms with Gasteiger partial charge in [-0.15, -0.1) is 0 Å². The zero-order chi connectivity index (χ0) is 102. The van der Waals surface area contributed by atoms with E-state index in [1.54, 1.807) is 112 Å². The van der Waals surface area contributed by atoms with E-state index < -0.39 is 108 Å². The SMILES string of the molecule is CO[C@H]1[C@@H](OC)C[C@H](C)CC2=C(NCCN(C)C)C(=O)C=C(NC(=O)/C(C)=C/C=C\[C@H](OC)[C@@H](OC(N)=O)/C(C)=C/[C@@H]1C)C2=O.CO[C@H]1[C@@H](OC)C[C@H](C)CC2=C(NCCN3CCC3)C(=O)C=C(NC(=O)/C(C)=C/C=C\[C@H](OC)[C@@H](OC(N)=O)/C(C)=C/[C@@H]1C)C2=O.CO[C@H]1[C@@H](OC)C[C@H](C)CC2=C(NCCN3CCCC3)C(=O)C=C(NC(=O)/C(C)=C/C=C\[C@H](OC)[C@@H](OC(N)=O)/C(C)=C/[C@@H]1C)C2=O. The van der Waals surface area contributed by atoms with E-state index in [0.29, 0.717) is 78.9 Å². The van der Waals surface area contributed by atoms with Crippen LogP contribution >= 0.6 is 0 Å². The third-order valence-corrected chi connectivity index (χ3v) is 25.6. The number of likely N-dealkylation sites (tertiary alicyclic amines) is 2. The van der Waals surface area contributed by atoms with E-state index >= 15 is 0 Å². The van der Waals surface area contributed by atoms with Crippen LogP contribution < -0.4 is 49.1 Å². The number of allylic oxidation sites excluding steroid dienone is 12. The van der Waals surface area contributed by atoms with Crippen molar-refractivity contribution in [3.8, 4) is 0 Å². The lowest BCUT2D eigenvalue weighted by Gasteiger charge is -2.32. The number of rotatable bonds is 24. The number of hydrogen-bond donors (Lipinski definition) is 9. The molecule has 36 nitrogen and oxygen atoms in total. The molecule has 0 radical (unpaired) electrons. The highest BCUT2D eigenvalue weighted by molar-refractivity contribution is 6.25. The summed E-state index contributed by atoms with van der Waals surface area (Å²) < 4.78 is 68.8. The quantitative estimate of drug-likeness (QED) is 0.0249. The van der Waals surface area contributed by atoms with Crippen molar-refractivity contribution in [2.75, 3.05) is 144 Å². The first-order valence-electron chi connectivity index (χ1n) is 47.1. The van der Waals surface area contributed by atoms with Gasteiger partial charge >= 0.3 is 18.3 Å². The van der Waals surface area contributed by atoms with E-state index in [4.69, 9.17) is 74.0 Å². The molecule has 5 heterocycles. The van der Waals surface area contributed by atoms with Crippen LogP contribution in [0.5, 0.6) is 0 Å². The highest BCUT2D eigenvalue weighted by Gasteiger charge is 2.41. The van der Waals surface area contributed by atoms with Crippen molar-refractivity contribution in [3.05, 3.63) is 175 Å². The molecule has 8 aliphatic rings. The van der Waals surface area contributed by atoms with Gasteiger partial charge in [0.15, 0.2) is 18.3 Å². The third-order valence-electron chi connectivity index (χ3n) is 25.6. The molecule has 3 aliphatic carbocycles. The molecule has 2 saturated heterocycles. The Hall–Kier alpha value is -10.7. The van der Waals surface area contributed by atoms with Crippen molar-refractivity contribution in [2.24, 2.45) is 52.7 Å². The average Bonchev–Trinajstić information content (AvgIpc) is 0.826. The van der Waals surface area contributed by atoms with Gasteiger partial charge < -0.3 is 121 Å². The number of nitrogens with one attached hydrogen (secondary N) is 6. The first kappa shape index (κ1) is 116. The molecule has 18 atom stereocenters. The summed E-state index contributed by atoms with van der Waals surface area (Å²) >= 11 is 0. The number of ether oxygens (including phenoxy) is 12. The van der Waals surface area contributed by atoms with E-state index in [-0.39, 0.29) is 141 Å². The zero-order valence-corrected chi connectivity index (χ0v) is 84.9. The molecule has 0 aromatic carbocycles. The lowest BCUT2D eigenvalue weighted by atomic mass is 9.85. The molecule has 0 unspecified atom stereocenters. The summed E-state index contributed by atoms with van der Waals surface area (Å²) in [6, 6.07) is 0. The predicted octanol–water partition coefficient (Wildman–Crippen LogP) is 8.38. The summed E-state index contributed by atoms with van der Waals surface area (Å²) in [4.78, 5) is 163. The van der Waals surface area contributed by atoms with E-state index in [2.05, 4.69) is 41.7 Å². The number of likely N-dealkylation sites (N-methyl/N-ethyl adjacent to an activating group) is 1. The van der Waals surface area contributed by atoms with Crippen molar-refractivity contribution >= 4 is 70.7 Å². The van der Waals surface area contributed by atoms with Crippen molar-refractivity contribution in [2.45, 2.75) is 214 Å². The molecule has 0 saturated carbocycles. The number of amides is 6. The molecule has 2 fully saturated rings. The Morgan fingerprint density at radius 1 is 0.391 bits per heavy atom. The maximum atomic E-state index is 13.9. The molecule has 0 aromatic rings. The topological polar surface area (TPSA) is 476 Å². The smallest absolute Gasteiger partial charge is 0.405 e. The van der Waals surface area contributed by atoms with Gasteiger partial charge in [-0.3, -0.25) is 43.2 Å². The summed E-state index contributed by atoms with van der Waals surface area (Å²) in [5.74, 6) is -4.86. The first-order valence-corrected chi connectivity index (χ1v) is 47.1. The van der Waals surface area contributed by atoms with Gasteiger partial charge in [0.25, 0.3) is 17.7 Å². The van der Waals surface area contributed by atoms with E-state index in [9.17, 15) is 57.5 Å². The molecule has 0 aromatic heterocycles. The van der Waals surface area contributed by atoms with Crippen molar-refractivity contribution < 1.29 is 114 Å². The van der Waals surface area contributed by atoms with Crippen LogP contribution in [0.4, 0.5) is 14.4 Å². The van der Waals surface area contributed by atoms with Crippen LogP contribution in [0, 0.1) is 35.5 Å². The van der Waals surface area contributed by atoms with Crippen LogP contribution in [-0.2, 0) is 100.0 Å². The Labute approximate surface area is 813 Å².